The van der Waals surface area contributed by atoms with Gasteiger partial charge in [-0.3, -0.25) is 4.79 Å². The fourth-order valence-corrected chi connectivity index (χ4v) is 2.29. The van der Waals surface area contributed by atoms with Crippen molar-refractivity contribution < 1.29 is 14.3 Å². The number of hydrogen-bond donors (Lipinski definition) is 3. The largest absolute Gasteiger partial charge is 0.382 e. The van der Waals surface area contributed by atoms with Gasteiger partial charge < -0.3 is 25.4 Å². The molecule has 0 atom stereocenters. The van der Waals surface area contributed by atoms with E-state index in [0.29, 0.717) is 38.5 Å². The summed E-state index contributed by atoms with van der Waals surface area (Å²) in [4.78, 5) is 16.7. The van der Waals surface area contributed by atoms with Crippen molar-refractivity contribution in [1.82, 2.24) is 16.0 Å². The number of ether oxygens (including phenoxy) is 2. The monoisotopic (exact) mass is 378 g/mol. The van der Waals surface area contributed by atoms with E-state index in [2.05, 4.69) is 20.9 Å². The second-order valence-electron chi connectivity index (χ2n) is 6.04. The quantitative estimate of drug-likeness (QED) is 0.278. The van der Waals surface area contributed by atoms with E-state index >= 15 is 0 Å². The first-order valence-corrected chi connectivity index (χ1v) is 9.67. The molecule has 0 bridgehead atoms. The Bertz CT molecular complexity index is 564. The maximum atomic E-state index is 12.1. The summed E-state index contributed by atoms with van der Waals surface area (Å²) in [6, 6.07) is 7.59. The molecular weight excluding hydrogens is 344 g/mol. The third-order valence-electron chi connectivity index (χ3n) is 3.68. The van der Waals surface area contributed by atoms with Crippen LogP contribution in [0.1, 0.15) is 42.6 Å². The van der Waals surface area contributed by atoms with Crippen LogP contribution in [0.4, 0.5) is 0 Å². The van der Waals surface area contributed by atoms with Crippen molar-refractivity contribution in [2.24, 2.45) is 4.99 Å². The van der Waals surface area contributed by atoms with Crippen LogP contribution in [0.5, 0.6) is 0 Å². The Morgan fingerprint density at radius 1 is 1.07 bits per heavy atom. The second-order valence-corrected chi connectivity index (χ2v) is 6.04. The van der Waals surface area contributed by atoms with Gasteiger partial charge in [0.1, 0.15) is 0 Å². The summed E-state index contributed by atoms with van der Waals surface area (Å²) in [7, 11) is 1.66. The van der Waals surface area contributed by atoms with Crippen molar-refractivity contribution in [2.45, 2.75) is 33.2 Å². The molecule has 0 aromatic heterocycles. The van der Waals surface area contributed by atoms with Gasteiger partial charge in [0.15, 0.2) is 5.96 Å². The topological polar surface area (TPSA) is 84.0 Å². The zero-order valence-corrected chi connectivity index (χ0v) is 16.8. The van der Waals surface area contributed by atoms with Gasteiger partial charge >= 0.3 is 0 Å². The highest BCUT2D eigenvalue weighted by Gasteiger charge is 2.05. The zero-order chi connectivity index (χ0) is 19.7. The summed E-state index contributed by atoms with van der Waals surface area (Å²) in [6.45, 7) is 8.74. The molecule has 1 aromatic carbocycles. The number of benzene rings is 1. The molecule has 0 saturated heterocycles. The molecule has 0 heterocycles. The van der Waals surface area contributed by atoms with Crippen LogP contribution >= 0.6 is 0 Å². The van der Waals surface area contributed by atoms with Crippen LogP contribution < -0.4 is 16.0 Å². The fraction of sp³-hybridized carbons (Fsp3) is 0.600. The molecule has 0 unspecified atom stereocenters. The van der Waals surface area contributed by atoms with Crippen LogP contribution in [0.25, 0.3) is 0 Å². The third-order valence-corrected chi connectivity index (χ3v) is 3.68. The molecule has 0 saturated carbocycles. The van der Waals surface area contributed by atoms with Crippen molar-refractivity contribution in [3.05, 3.63) is 35.4 Å². The van der Waals surface area contributed by atoms with Crippen molar-refractivity contribution >= 4 is 11.9 Å². The van der Waals surface area contributed by atoms with E-state index in [-0.39, 0.29) is 5.91 Å². The van der Waals surface area contributed by atoms with E-state index < -0.39 is 0 Å². The van der Waals surface area contributed by atoms with Gasteiger partial charge in [-0.05, 0) is 37.5 Å². The molecule has 0 radical (unpaired) electrons. The summed E-state index contributed by atoms with van der Waals surface area (Å²) in [5, 5.41) is 9.42. The van der Waals surface area contributed by atoms with Crippen LogP contribution in [-0.4, -0.2) is 58.4 Å². The highest BCUT2D eigenvalue weighted by molar-refractivity contribution is 5.94. The minimum Gasteiger partial charge on any atom is -0.382 e. The van der Waals surface area contributed by atoms with Gasteiger partial charge in [0.25, 0.3) is 5.91 Å². The Hall–Kier alpha value is -2.12. The normalized spacial score (nSPS) is 11.3. The Morgan fingerprint density at radius 2 is 1.93 bits per heavy atom. The minimum absolute atomic E-state index is 0.0406. The number of amides is 1. The molecule has 27 heavy (non-hydrogen) atoms. The summed E-state index contributed by atoms with van der Waals surface area (Å²) in [5.41, 5.74) is 1.67. The molecule has 1 aromatic rings. The fourth-order valence-electron chi connectivity index (χ4n) is 2.29. The predicted molar refractivity (Wildman–Crippen MR) is 109 cm³/mol. The summed E-state index contributed by atoms with van der Waals surface area (Å²) in [5.74, 6) is 0.719. The highest BCUT2D eigenvalue weighted by atomic mass is 16.5. The van der Waals surface area contributed by atoms with E-state index in [4.69, 9.17) is 9.47 Å². The number of nitrogens with zero attached hydrogens (tertiary/aromatic N) is 1. The van der Waals surface area contributed by atoms with Crippen molar-refractivity contribution in [2.75, 3.05) is 46.6 Å². The Labute approximate surface area is 162 Å². The first-order valence-electron chi connectivity index (χ1n) is 9.67. The molecule has 152 valence electrons. The van der Waals surface area contributed by atoms with Gasteiger partial charge in [0, 0.05) is 38.9 Å². The van der Waals surface area contributed by atoms with E-state index in [1.807, 2.05) is 38.1 Å². The van der Waals surface area contributed by atoms with E-state index in [9.17, 15) is 4.79 Å². The molecule has 0 fully saturated rings. The molecule has 0 aliphatic rings. The second kappa shape index (κ2) is 15.0. The predicted octanol–water partition coefficient (Wildman–Crippen LogP) is 1.93. The lowest BCUT2D eigenvalue weighted by atomic mass is 10.1. The average Bonchev–Trinajstić information content (AvgIpc) is 2.69. The lowest BCUT2D eigenvalue weighted by Crippen LogP contribution is -2.38. The van der Waals surface area contributed by atoms with Gasteiger partial charge in [0.2, 0.25) is 0 Å². The van der Waals surface area contributed by atoms with Gasteiger partial charge in [-0.25, -0.2) is 4.99 Å². The number of methoxy groups -OCH3 is 1. The van der Waals surface area contributed by atoms with Gasteiger partial charge in [-0.15, -0.1) is 0 Å². The summed E-state index contributed by atoms with van der Waals surface area (Å²) >= 11 is 0. The Balaban J connectivity index is 2.48. The number of rotatable bonds is 13. The van der Waals surface area contributed by atoms with Crippen LogP contribution in [0.2, 0.25) is 0 Å². The molecule has 7 nitrogen and oxygen atoms in total. The first kappa shape index (κ1) is 22.9. The zero-order valence-electron chi connectivity index (χ0n) is 16.8. The number of aliphatic imine (C=N–C) groups is 1. The summed E-state index contributed by atoms with van der Waals surface area (Å²) < 4.78 is 10.4. The lowest BCUT2D eigenvalue weighted by molar-refractivity contribution is 0.0698. The molecular formula is C20H34N4O3. The minimum atomic E-state index is -0.0406. The van der Waals surface area contributed by atoms with Crippen LogP contribution in [0.15, 0.2) is 29.3 Å². The van der Waals surface area contributed by atoms with Crippen molar-refractivity contribution in [1.29, 1.82) is 0 Å². The first-order chi connectivity index (χ1) is 13.2. The van der Waals surface area contributed by atoms with Crippen LogP contribution in [0.3, 0.4) is 0 Å². The average molecular weight is 379 g/mol. The number of carbonyl (C=O) groups excluding carboxylic acids is 1. The smallest absolute Gasteiger partial charge is 0.251 e. The van der Waals surface area contributed by atoms with E-state index in [0.717, 1.165) is 37.5 Å². The SMILES string of the molecule is CCCNC(=O)c1cccc(CN=C(NCC)NCCCOCCOC)c1. The number of carbonyl (C=O) groups is 1. The Kier molecular flexibility index (Phi) is 12.7. The van der Waals surface area contributed by atoms with E-state index in [1.165, 1.54) is 0 Å². The van der Waals surface area contributed by atoms with Gasteiger partial charge in [0.05, 0.1) is 19.8 Å². The molecule has 7 heteroatoms. The van der Waals surface area contributed by atoms with Crippen LogP contribution in [-0.2, 0) is 16.0 Å². The molecule has 0 aliphatic carbocycles. The van der Waals surface area contributed by atoms with E-state index in [1.54, 1.807) is 7.11 Å². The molecule has 0 spiro atoms. The summed E-state index contributed by atoms with van der Waals surface area (Å²) in [6.07, 6.45) is 1.81. The maximum absolute atomic E-state index is 12.1. The number of hydrogen-bond acceptors (Lipinski definition) is 4. The van der Waals surface area contributed by atoms with Crippen LogP contribution in [0, 0.1) is 0 Å². The highest BCUT2D eigenvalue weighted by Crippen LogP contribution is 2.07. The standard InChI is InChI=1S/C20H34N4O3/c1-4-10-22-19(25)18-9-6-8-17(15-18)16-24-20(21-5-2)23-11-7-12-27-14-13-26-3/h6,8-9,15H,4-5,7,10-14,16H2,1-3H3,(H,22,25)(H2,21,23,24). The number of guanidine groups is 1. The Morgan fingerprint density at radius 3 is 2.67 bits per heavy atom. The molecule has 1 rings (SSSR count). The van der Waals surface area contributed by atoms with Gasteiger partial charge in [-0.1, -0.05) is 19.1 Å². The molecule has 3 N–H and O–H groups in total. The third kappa shape index (κ3) is 10.6. The maximum Gasteiger partial charge on any atom is 0.251 e. The number of nitrogens with one attached hydrogen (secondary N) is 3. The van der Waals surface area contributed by atoms with Crippen molar-refractivity contribution in [3.63, 3.8) is 0 Å². The lowest BCUT2D eigenvalue weighted by Gasteiger charge is -2.11. The molecule has 0 aliphatic heterocycles. The molecule has 1 amide bonds. The van der Waals surface area contributed by atoms with Gasteiger partial charge in [-0.2, -0.15) is 0 Å². The van der Waals surface area contributed by atoms with Crippen molar-refractivity contribution in [3.8, 4) is 0 Å².